The van der Waals surface area contributed by atoms with Crippen LogP contribution in [0.15, 0.2) is 53.0 Å². The summed E-state index contributed by atoms with van der Waals surface area (Å²) in [6, 6.07) is 16.6. The van der Waals surface area contributed by atoms with E-state index >= 15 is 0 Å². The summed E-state index contributed by atoms with van der Waals surface area (Å²) >= 11 is 5.51. The number of benzene rings is 2. The van der Waals surface area contributed by atoms with Crippen molar-refractivity contribution in [3.63, 3.8) is 0 Å². The Labute approximate surface area is 118 Å². The van der Waals surface area contributed by atoms with Gasteiger partial charge in [0.2, 0.25) is 0 Å². The molecule has 18 heavy (non-hydrogen) atoms. The number of methoxy groups -OCH3 is 1. The largest absolute Gasteiger partial charge is 0.497 e. The van der Waals surface area contributed by atoms with Crippen molar-refractivity contribution in [2.24, 2.45) is 0 Å². The first-order chi connectivity index (χ1) is 8.79. The van der Waals surface area contributed by atoms with Gasteiger partial charge in [0.1, 0.15) is 5.75 Å². The molecular weight excluding hydrogens is 308 g/mol. The van der Waals surface area contributed by atoms with E-state index in [1.807, 2.05) is 12.1 Å². The monoisotopic (exact) mass is 318 g/mol. The smallest absolute Gasteiger partial charge is 0.118 e. The number of hydrogen-bond donors (Lipinski definition) is 0. The van der Waals surface area contributed by atoms with Gasteiger partial charge >= 0.3 is 0 Å². The van der Waals surface area contributed by atoms with Crippen molar-refractivity contribution in [3.05, 3.63) is 53.0 Å². The standard InChI is InChI=1S/C15H11BrOS/c1-17-11-8-6-10(7-9-11)15-14(16)12-4-2-3-5-13(12)18-15/h2-9H,1H3. The summed E-state index contributed by atoms with van der Waals surface area (Å²) in [5, 5.41) is 1.27. The van der Waals surface area contributed by atoms with E-state index < -0.39 is 0 Å². The molecule has 0 N–H and O–H groups in total. The van der Waals surface area contributed by atoms with Crippen LogP contribution in [0.1, 0.15) is 0 Å². The third-order valence-corrected chi connectivity index (χ3v) is 5.19. The molecule has 1 aromatic heterocycles. The molecule has 0 saturated heterocycles. The van der Waals surface area contributed by atoms with Crippen LogP contribution in [0.4, 0.5) is 0 Å². The van der Waals surface area contributed by atoms with Crippen molar-refractivity contribution in [1.29, 1.82) is 0 Å². The van der Waals surface area contributed by atoms with Crippen LogP contribution in [-0.2, 0) is 0 Å². The van der Waals surface area contributed by atoms with Gasteiger partial charge in [0.15, 0.2) is 0 Å². The Morgan fingerprint density at radius 2 is 1.72 bits per heavy atom. The zero-order valence-corrected chi connectivity index (χ0v) is 12.2. The van der Waals surface area contributed by atoms with E-state index in [1.165, 1.54) is 25.0 Å². The van der Waals surface area contributed by atoms with Crippen molar-refractivity contribution in [2.75, 3.05) is 7.11 Å². The Balaban J connectivity index is 2.15. The molecule has 0 radical (unpaired) electrons. The molecule has 0 aliphatic rings. The van der Waals surface area contributed by atoms with Gasteiger partial charge in [0.25, 0.3) is 0 Å². The van der Waals surface area contributed by atoms with E-state index in [0.29, 0.717) is 0 Å². The maximum Gasteiger partial charge on any atom is 0.118 e. The molecule has 0 atom stereocenters. The van der Waals surface area contributed by atoms with Gasteiger partial charge in [0.05, 0.1) is 7.11 Å². The van der Waals surface area contributed by atoms with Crippen molar-refractivity contribution >= 4 is 37.4 Å². The Morgan fingerprint density at radius 1 is 1.00 bits per heavy atom. The molecule has 3 heteroatoms. The fourth-order valence-electron chi connectivity index (χ4n) is 1.94. The summed E-state index contributed by atoms with van der Waals surface area (Å²) in [5.74, 6) is 0.885. The zero-order valence-electron chi connectivity index (χ0n) is 9.81. The zero-order chi connectivity index (χ0) is 12.5. The second-order valence-electron chi connectivity index (χ2n) is 3.97. The third kappa shape index (κ3) is 1.93. The minimum atomic E-state index is 0.885. The highest BCUT2D eigenvalue weighted by Crippen LogP contribution is 2.42. The first-order valence-corrected chi connectivity index (χ1v) is 7.22. The molecule has 0 fully saturated rings. The lowest BCUT2D eigenvalue weighted by Gasteiger charge is -2.02. The lowest BCUT2D eigenvalue weighted by atomic mass is 10.1. The number of halogens is 1. The highest BCUT2D eigenvalue weighted by molar-refractivity contribution is 9.10. The summed E-state index contributed by atoms with van der Waals surface area (Å²) in [6.07, 6.45) is 0. The number of hydrogen-bond acceptors (Lipinski definition) is 2. The van der Waals surface area contributed by atoms with Crippen molar-refractivity contribution in [3.8, 4) is 16.2 Å². The van der Waals surface area contributed by atoms with Crippen LogP contribution in [0.3, 0.4) is 0 Å². The maximum atomic E-state index is 5.19. The molecule has 0 spiro atoms. The molecule has 3 aromatic rings. The van der Waals surface area contributed by atoms with Crippen LogP contribution >= 0.6 is 27.3 Å². The highest BCUT2D eigenvalue weighted by atomic mass is 79.9. The summed E-state index contributed by atoms with van der Waals surface area (Å²) in [7, 11) is 1.68. The molecule has 1 nitrogen and oxygen atoms in total. The van der Waals surface area contributed by atoms with Gasteiger partial charge in [-0.2, -0.15) is 0 Å². The van der Waals surface area contributed by atoms with Gasteiger partial charge in [0, 0.05) is 19.4 Å². The van der Waals surface area contributed by atoms with E-state index in [9.17, 15) is 0 Å². The molecule has 0 saturated carbocycles. The fraction of sp³-hybridized carbons (Fsp3) is 0.0667. The quantitative estimate of drug-likeness (QED) is 0.619. The Bertz CT molecular complexity index is 685. The maximum absolute atomic E-state index is 5.19. The molecule has 90 valence electrons. The summed E-state index contributed by atoms with van der Waals surface area (Å²) < 4.78 is 7.66. The van der Waals surface area contributed by atoms with E-state index in [0.717, 1.165) is 5.75 Å². The Kier molecular flexibility index (Phi) is 3.10. The molecule has 2 aromatic carbocycles. The van der Waals surface area contributed by atoms with Crippen LogP contribution in [0.5, 0.6) is 5.75 Å². The molecule has 3 rings (SSSR count). The molecule has 0 bridgehead atoms. The van der Waals surface area contributed by atoms with Crippen LogP contribution in [-0.4, -0.2) is 7.11 Å². The first kappa shape index (κ1) is 11.8. The van der Waals surface area contributed by atoms with Gasteiger partial charge in [-0.05, 0) is 51.8 Å². The Morgan fingerprint density at radius 3 is 2.39 bits per heavy atom. The average molecular weight is 319 g/mol. The van der Waals surface area contributed by atoms with E-state index in [-0.39, 0.29) is 0 Å². The molecule has 0 aliphatic heterocycles. The van der Waals surface area contributed by atoms with Crippen LogP contribution in [0, 0.1) is 0 Å². The van der Waals surface area contributed by atoms with Gasteiger partial charge in [-0.1, -0.05) is 18.2 Å². The van der Waals surface area contributed by atoms with Crippen molar-refractivity contribution in [2.45, 2.75) is 0 Å². The van der Waals surface area contributed by atoms with Gasteiger partial charge in [-0.3, -0.25) is 0 Å². The minimum Gasteiger partial charge on any atom is -0.497 e. The van der Waals surface area contributed by atoms with Crippen molar-refractivity contribution < 1.29 is 4.74 Å². The fourth-order valence-corrected chi connectivity index (χ4v) is 3.99. The summed E-state index contributed by atoms with van der Waals surface area (Å²) in [6.45, 7) is 0. The third-order valence-electron chi connectivity index (χ3n) is 2.89. The predicted molar refractivity (Wildman–Crippen MR) is 81.5 cm³/mol. The summed E-state index contributed by atoms with van der Waals surface area (Å²) in [5.41, 5.74) is 1.21. The lowest BCUT2D eigenvalue weighted by molar-refractivity contribution is 0.415. The lowest BCUT2D eigenvalue weighted by Crippen LogP contribution is -1.81. The average Bonchev–Trinajstić information content (AvgIpc) is 2.77. The topological polar surface area (TPSA) is 9.23 Å². The van der Waals surface area contributed by atoms with Crippen LogP contribution < -0.4 is 4.74 Å². The molecule has 0 aliphatic carbocycles. The summed E-state index contributed by atoms with van der Waals surface area (Å²) in [4.78, 5) is 1.26. The van der Waals surface area contributed by atoms with Gasteiger partial charge in [-0.25, -0.2) is 0 Å². The second kappa shape index (κ2) is 4.75. The van der Waals surface area contributed by atoms with Crippen LogP contribution in [0.2, 0.25) is 0 Å². The normalized spacial score (nSPS) is 10.8. The predicted octanol–water partition coefficient (Wildman–Crippen LogP) is 5.34. The second-order valence-corrected chi connectivity index (χ2v) is 5.82. The molecule has 0 unspecified atom stereocenters. The van der Waals surface area contributed by atoms with E-state index in [4.69, 9.17) is 4.74 Å². The molecular formula is C15H11BrOS. The van der Waals surface area contributed by atoms with E-state index in [1.54, 1.807) is 18.4 Å². The molecule has 0 amide bonds. The number of fused-ring (bicyclic) bond motifs is 1. The SMILES string of the molecule is COc1ccc(-c2sc3ccccc3c2Br)cc1. The van der Waals surface area contributed by atoms with Crippen LogP contribution in [0.25, 0.3) is 20.5 Å². The number of thiophene rings is 1. The Hall–Kier alpha value is -1.32. The number of rotatable bonds is 2. The van der Waals surface area contributed by atoms with E-state index in [2.05, 4.69) is 52.3 Å². The van der Waals surface area contributed by atoms with Gasteiger partial charge < -0.3 is 4.74 Å². The van der Waals surface area contributed by atoms with Crippen molar-refractivity contribution in [1.82, 2.24) is 0 Å². The number of ether oxygens (including phenoxy) is 1. The minimum absolute atomic E-state index is 0.885. The first-order valence-electron chi connectivity index (χ1n) is 5.61. The highest BCUT2D eigenvalue weighted by Gasteiger charge is 2.10. The van der Waals surface area contributed by atoms with Gasteiger partial charge in [-0.15, -0.1) is 11.3 Å². The molecule has 1 heterocycles.